The van der Waals surface area contributed by atoms with Crippen molar-refractivity contribution in [2.45, 2.75) is 19.5 Å². The maximum Gasteiger partial charge on any atom is 0.416 e. The zero-order chi connectivity index (χ0) is 10.9. The lowest BCUT2D eigenvalue weighted by atomic mass is 10.1. The first kappa shape index (κ1) is 10.7. The average molecular weight is 205 g/mol. The number of rotatable bonds is 1. The zero-order valence-electron chi connectivity index (χ0n) is 7.52. The van der Waals surface area contributed by atoms with E-state index in [1.165, 1.54) is 0 Å². The van der Waals surface area contributed by atoms with Gasteiger partial charge >= 0.3 is 6.18 Å². The summed E-state index contributed by atoms with van der Waals surface area (Å²) in [6, 6.07) is 1.64. The van der Waals surface area contributed by atoms with E-state index in [0.717, 1.165) is 12.1 Å². The predicted octanol–water partition coefficient (Wildman–Crippen LogP) is 2.56. The van der Waals surface area contributed by atoms with Crippen molar-refractivity contribution in [3.05, 3.63) is 23.3 Å². The Morgan fingerprint density at radius 2 is 1.93 bits per heavy atom. The summed E-state index contributed by atoms with van der Waals surface area (Å²) < 4.78 is 36.8. The summed E-state index contributed by atoms with van der Waals surface area (Å²) in [6.45, 7) is 1.65. The molecule has 0 spiro atoms. The van der Waals surface area contributed by atoms with Gasteiger partial charge in [-0.2, -0.15) is 13.2 Å². The fraction of sp³-hybridized carbons (Fsp3) is 0.333. The first-order valence-electron chi connectivity index (χ1n) is 4.04. The SMILES string of the molecule is CCc1cc(C(F)(F)F)cc(N)c1O. The van der Waals surface area contributed by atoms with Gasteiger partial charge in [-0.05, 0) is 24.1 Å². The van der Waals surface area contributed by atoms with Crippen LogP contribution in [0.3, 0.4) is 0 Å². The van der Waals surface area contributed by atoms with Gasteiger partial charge in [-0.1, -0.05) is 6.92 Å². The molecule has 0 unspecified atom stereocenters. The maximum absolute atomic E-state index is 12.3. The Balaban J connectivity index is 3.30. The first-order valence-corrected chi connectivity index (χ1v) is 4.04. The number of benzene rings is 1. The number of phenols is 1. The fourth-order valence-corrected chi connectivity index (χ4v) is 1.15. The number of anilines is 1. The van der Waals surface area contributed by atoms with Crippen LogP contribution in [-0.4, -0.2) is 5.11 Å². The summed E-state index contributed by atoms with van der Waals surface area (Å²) in [5.41, 5.74) is 4.38. The molecule has 0 bridgehead atoms. The van der Waals surface area contributed by atoms with Crippen LogP contribution in [0.15, 0.2) is 12.1 Å². The highest BCUT2D eigenvalue weighted by molar-refractivity contribution is 5.58. The molecule has 5 heteroatoms. The molecule has 1 aromatic rings. The van der Waals surface area contributed by atoms with E-state index in [9.17, 15) is 18.3 Å². The highest BCUT2D eigenvalue weighted by Gasteiger charge is 2.31. The van der Waals surface area contributed by atoms with Gasteiger partial charge in [0.25, 0.3) is 0 Å². The number of alkyl halides is 3. The summed E-state index contributed by atoms with van der Waals surface area (Å²) in [7, 11) is 0. The molecule has 0 amide bonds. The highest BCUT2D eigenvalue weighted by Crippen LogP contribution is 2.35. The summed E-state index contributed by atoms with van der Waals surface area (Å²) in [5, 5.41) is 9.30. The van der Waals surface area contributed by atoms with Crippen molar-refractivity contribution >= 4 is 5.69 Å². The smallest absolute Gasteiger partial charge is 0.416 e. The third-order valence-corrected chi connectivity index (χ3v) is 1.93. The van der Waals surface area contributed by atoms with Gasteiger partial charge in [0, 0.05) is 0 Å². The number of halogens is 3. The Morgan fingerprint density at radius 1 is 1.36 bits per heavy atom. The molecule has 0 aliphatic rings. The van der Waals surface area contributed by atoms with Crippen LogP contribution in [0.25, 0.3) is 0 Å². The Kier molecular flexibility index (Phi) is 2.59. The number of hydrogen-bond acceptors (Lipinski definition) is 2. The van der Waals surface area contributed by atoms with Crippen molar-refractivity contribution in [1.29, 1.82) is 0 Å². The summed E-state index contributed by atoms with van der Waals surface area (Å²) >= 11 is 0. The van der Waals surface area contributed by atoms with Gasteiger partial charge < -0.3 is 10.8 Å². The molecule has 0 saturated carbocycles. The largest absolute Gasteiger partial charge is 0.506 e. The Hall–Kier alpha value is -1.39. The molecule has 0 radical (unpaired) electrons. The molecule has 0 heterocycles. The van der Waals surface area contributed by atoms with Crippen molar-refractivity contribution in [3.63, 3.8) is 0 Å². The molecule has 14 heavy (non-hydrogen) atoms. The first-order chi connectivity index (χ1) is 6.36. The lowest BCUT2D eigenvalue weighted by Crippen LogP contribution is -2.07. The van der Waals surface area contributed by atoms with Crippen LogP contribution in [-0.2, 0) is 12.6 Å². The molecule has 0 aliphatic heterocycles. The molecule has 1 aromatic carbocycles. The van der Waals surface area contributed by atoms with Gasteiger partial charge in [-0.25, -0.2) is 0 Å². The Morgan fingerprint density at radius 3 is 2.36 bits per heavy atom. The van der Waals surface area contributed by atoms with E-state index in [-0.39, 0.29) is 17.0 Å². The Labute approximate surface area is 79.2 Å². The van der Waals surface area contributed by atoms with E-state index >= 15 is 0 Å². The number of nitrogens with two attached hydrogens (primary N) is 1. The van der Waals surface area contributed by atoms with Crippen LogP contribution in [0.1, 0.15) is 18.1 Å². The van der Waals surface area contributed by atoms with E-state index in [1.807, 2.05) is 0 Å². The van der Waals surface area contributed by atoms with Crippen molar-refractivity contribution in [2.24, 2.45) is 0 Å². The van der Waals surface area contributed by atoms with Gasteiger partial charge in [0.2, 0.25) is 0 Å². The minimum atomic E-state index is -4.42. The number of nitrogen functional groups attached to an aromatic ring is 1. The van der Waals surface area contributed by atoms with E-state index in [0.29, 0.717) is 6.42 Å². The quantitative estimate of drug-likeness (QED) is 0.546. The normalized spacial score (nSPS) is 11.7. The van der Waals surface area contributed by atoms with E-state index in [4.69, 9.17) is 5.73 Å². The maximum atomic E-state index is 12.3. The van der Waals surface area contributed by atoms with Crippen molar-refractivity contribution < 1.29 is 18.3 Å². The second-order valence-corrected chi connectivity index (χ2v) is 2.92. The van der Waals surface area contributed by atoms with Gasteiger partial charge in [0.05, 0.1) is 11.3 Å². The van der Waals surface area contributed by atoms with Crippen LogP contribution in [0.2, 0.25) is 0 Å². The molecule has 0 aromatic heterocycles. The number of aromatic hydroxyl groups is 1. The molecule has 1 rings (SSSR count). The molecule has 0 saturated heterocycles. The molecule has 78 valence electrons. The third-order valence-electron chi connectivity index (χ3n) is 1.93. The van der Waals surface area contributed by atoms with Crippen molar-refractivity contribution in [1.82, 2.24) is 0 Å². The summed E-state index contributed by atoms with van der Waals surface area (Å²) in [6.07, 6.45) is -4.12. The molecular weight excluding hydrogens is 195 g/mol. The number of hydrogen-bond donors (Lipinski definition) is 2. The van der Waals surface area contributed by atoms with Gasteiger partial charge in [-0.15, -0.1) is 0 Å². The zero-order valence-corrected chi connectivity index (χ0v) is 7.52. The number of aryl methyl sites for hydroxylation is 1. The Bertz CT molecular complexity index is 347. The monoisotopic (exact) mass is 205 g/mol. The molecule has 0 aliphatic carbocycles. The van der Waals surface area contributed by atoms with Crippen molar-refractivity contribution in [3.8, 4) is 5.75 Å². The second kappa shape index (κ2) is 3.40. The topological polar surface area (TPSA) is 46.2 Å². The van der Waals surface area contributed by atoms with Crippen LogP contribution in [0, 0.1) is 0 Å². The number of phenolic OH excluding ortho intramolecular Hbond substituents is 1. The molecule has 3 N–H and O–H groups in total. The van der Waals surface area contributed by atoms with E-state index in [2.05, 4.69) is 0 Å². The second-order valence-electron chi connectivity index (χ2n) is 2.92. The van der Waals surface area contributed by atoms with Crippen LogP contribution < -0.4 is 5.73 Å². The van der Waals surface area contributed by atoms with Crippen LogP contribution in [0.5, 0.6) is 5.75 Å². The van der Waals surface area contributed by atoms with Gasteiger partial charge in [0.15, 0.2) is 0 Å². The van der Waals surface area contributed by atoms with E-state index in [1.54, 1.807) is 6.92 Å². The van der Waals surface area contributed by atoms with Crippen LogP contribution >= 0.6 is 0 Å². The van der Waals surface area contributed by atoms with E-state index < -0.39 is 11.7 Å². The standard InChI is InChI=1S/C9H10F3NO/c1-2-5-3-6(9(10,11)12)4-7(13)8(5)14/h3-4,14H,2,13H2,1H3. The third kappa shape index (κ3) is 1.92. The molecule has 2 nitrogen and oxygen atoms in total. The summed E-state index contributed by atoms with van der Waals surface area (Å²) in [4.78, 5) is 0. The van der Waals surface area contributed by atoms with Crippen molar-refractivity contribution in [2.75, 3.05) is 5.73 Å². The predicted molar refractivity (Wildman–Crippen MR) is 46.9 cm³/mol. The fourth-order valence-electron chi connectivity index (χ4n) is 1.15. The van der Waals surface area contributed by atoms with Crippen LogP contribution in [0.4, 0.5) is 18.9 Å². The molecular formula is C9H10F3NO. The molecule has 0 atom stereocenters. The van der Waals surface area contributed by atoms with Gasteiger partial charge in [0.1, 0.15) is 5.75 Å². The summed E-state index contributed by atoms with van der Waals surface area (Å²) in [5.74, 6) is -0.263. The average Bonchev–Trinajstić information content (AvgIpc) is 2.07. The highest BCUT2D eigenvalue weighted by atomic mass is 19.4. The van der Waals surface area contributed by atoms with Gasteiger partial charge in [-0.3, -0.25) is 0 Å². The lowest BCUT2D eigenvalue weighted by molar-refractivity contribution is -0.137. The lowest BCUT2D eigenvalue weighted by Gasteiger charge is -2.11. The molecule has 0 fully saturated rings. The minimum absolute atomic E-state index is 0.206. The minimum Gasteiger partial charge on any atom is -0.506 e.